The number of anilines is 2. The molecule has 39 heavy (non-hydrogen) atoms. The zero-order chi connectivity index (χ0) is 27.5. The molecular weight excluding hydrogens is 514 g/mol. The fraction of sp³-hybridized carbons (Fsp3) is 0.172. The van der Waals surface area contributed by atoms with Crippen LogP contribution in [-0.2, 0) is 7.05 Å². The lowest BCUT2D eigenvalue weighted by Gasteiger charge is -2.09. The lowest BCUT2D eigenvalue weighted by atomic mass is 10.1. The number of likely N-dealkylation sites (N-methyl/N-ethyl adjacent to an activating group) is 1. The molecule has 0 aliphatic heterocycles. The molecule has 198 valence electrons. The number of aromatic nitrogens is 5. The molecule has 5 rings (SSSR count). The van der Waals surface area contributed by atoms with Crippen LogP contribution >= 0.6 is 11.6 Å². The first-order valence-electron chi connectivity index (χ1n) is 12.3. The van der Waals surface area contributed by atoms with Gasteiger partial charge in [-0.1, -0.05) is 17.7 Å². The van der Waals surface area contributed by atoms with Gasteiger partial charge in [0.15, 0.2) is 11.6 Å². The number of hydrogen-bond acceptors (Lipinski definition) is 7. The second-order valence-electron chi connectivity index (χ2n) is 9.39. The summed E-state index contributed by atoms with van der Waals surface area (Å²) in [5.74, 6) is 2.43. The van der Waals surface area contributed by atoms with Crippen molar-refractivity contribution in [1.29, 1.82) is 0 Å². The molecule has 0 radical (unpaired) electrons. The fourth-order valence-electron chi connectivity index (χ4n) is 4.02. The summed E-state index contributed by atoms with van der Waals surface area (Å²) in [5.41, 5.74) is 4.46. The van der Waals surface area contributed by atoms with E-state index in [0.29, 0.717) is 51.8 Å². The van der Waals surface area contributed by atoms with Gasteiger partial charge >= 0.3 is 0 Å². The molecule has 0 amide bonds. The van der Waals surface area contributed by atoms with Gasteiger partial charge < -0.3 is 24.5 Å². The van der Waals surface area contributed by atoms with E-state index in [1.54, 1.807) is 36.7 Å². The van der Waals surface area contributed by atoms with Gasteiger partial charge in [-0.2, -0.15) is 0 Å². The third-order valence-corrected chi connectivity index (χ3v) is 6.32. The van der Waals surface area contributed by atoms with Crippen molar-refractivity contribution in [2.24, 2.45) is 7.05 Å². The first-order valence-corrected chi connectivity index (χ1v) is 12.7. The molecule has 10 heteroatoms. The van der Waals surface area contributed by atoms with E-state index in [2.05, 4.69) is 20.3 Å². The second-order valence-corrected chi connectivity index (χ2v) is 9.79. The van der Waals surface area contributed by atoms with Crippen LogP contribution in [0.1, 0.15) is 16.1 Å². The SMILES string of the molecule is Cc1cnc(-c2cc(Oc3ccc4c(c3)nc(Nc3ccc(Cl)c(C(=O)/C=C/CN(C)C)c3)n4C)ccn2)[nH]1. The summed E-state index contributed by atoms with van der Waals surface area (Å²) in [4.78, 5) is 31.3. The number of ketones is 1. The summed E-state index contributed by atoms with van der Waals surface area (Å²) in [7, 11) is 5.80. The minimum Gasteiger partial charge on any atom is -0.457 e. The lowest BCUT2D eigenvalue weighted by molar-refractivity contribution is 0.104. The Bertz CT molecular complexity index is 1690. The summed E-state index contributed by atoms with van der Waals surface area (Å²) < 4.78 is 8.05. The van der Waals surface area contributed by atoms with Crippen LogP contribution in [0.2, 0.25) is 5.02 Å². The molecule has 2 aromatic carbocycles. The van der Waals surface area contributed by atoms with Gasteiger partial charge in [0.2, 0.25) is 5.95 Å². The number of ether oxygens (including phenoxy) is 1. The number of aromatic amines is 1. The van der Waals surface area contributed by atoms with Crippen LogP contribution in [0.25, 0.3) is 22.6 Å². The number of benzene rings is 2. The molecule has 5 aromatic rings. The maximum atomic E-state index is 12.7. The number of halogens is 1. The third-order valence-electron chi connectivity index (χ3n) is 5.99. The average molecular weight is 542 g/mol. The standard InChI is InChI=1S/C29H28ClN7O2/c1-18-17-32-28(33-18)25-16-21(11-12-31-25)39-20-8-10-26-24(15-20)35-29(37(26)4)34-19-7-9-23(30)22(14-19)27(38)6-5-13-36(2)3/h5-12,14-17H,13H2,1-4H3,(H,32,33)(H,34,35)/b6-5+. The predicted octanol–water partition coefficient (Wildman–Crippen LogP) is 6.16. The van der Waals surface area contributed by atoms with Crippen molar-refractivity contribution in [2.75, 3.05) is 26.0 Å². The van der Waals surface area contributed by atoms with E-state index in [0.717, 1.165) is 16.7 Å². The number of nitrogens with zero attached hydrogens (tertiary/aromatic N) is 5. The van der Waals surface area contributed by atoms with E-state index in [9.17, 15) is 4.79 Å². The molecular formula is C29H28ClN7O2. The number of rotatable bonds is 9. The van der Waals surface area contributed by atoms with E-state index in [1.807, 2.05) is 73.9 Å². The second kappa shape index (κ2) is 11.1. The zero-order valence-electron chi connectivity index (χ0n) is 22.1. The quantitative estimate of drug-likeness (QED) is 0.170. The summed E-state index contributed by atoms with van der Waals surface area (Å²) in [6, 6.07) is 14.6. The van der Waals surface area contributed by atoms with Crippen molar-refractivity contribution in [3.05, 3.63) is 89.4 Å². The van der Waals surface area contributed by atoms with Crippen LogP contribution < -0.4 is 10.1 Å². The Balaban J connectivity index is 1.35. The van der Waals surface area contributed by atoms with Crippen LogP contribution in [0.4, 0.5) is 11.6 Å². The molecule has 0 aliphatic carbocycles. The summed E-state index contributed by atoms with van der Waals surface area (Å²) in [6.45, 7) is 2.61. The van der Waals surface area contributed by atoms with Gasteiger partial charge in [0.05, 0.1) is 16.1 Å². The van der Waals surface area contributed by atoms with Crippen molar-refractivity contribution in [3.8, 4) is 23.0 Å². The number of fused-ring (bicyclic) bond motifs is 1. The van der Waals surface area contributed by atoms with Gasteiger partial charge in [0, 0.05) is 55.1 Å². The van der Waals surface area contributed by atoms with Crippen molar-refractivity contribution in [2.45, 2.75) is 6.92 Å². The highest BCUT2D eigenvalue weighted by molar-refractivity contribution is 6.34. The minimum absolute atomic E-state index is 0.154. The van der Waals surface area contributed by atoms with Crippen LogP contribution in [-0.4, -0.2) is 55.8 Å². The lowest BCUT2D eigenvalue weighted by Crippen LogP contribution is -2.11. The van der Waals surface area contributed by atoms with Crippen molar-refractivity contribution in [3.63, 3.8) is 0 Å². The molecule has 0 unspecified atom stereocenters. The Morgan fingerprint density at radius 1 is 1.13 bits per heavy atom. The van der Waals surface area contributed by atoms with E-state index in [-0.39, 0.29) is 5.78 Å². The number of allylic oxidation sites excluding steroid dienone is 1. The van der Waals surface area contributed by atoms with Gasteiger partial charge in [0.25, 0.3) is 0 Å². The van der Waals surface area contributed by atoms with E-state index >= 15 is 0 Å². The first kappa shape index (κ1) is 26.1. The number of hydrogen-bond donors (Lipinski definition) is 2. The van der Waals surface area contributed by atoms with Gasteiger partial charge in [-0.25, -0.2) is 9.97 Å². The third kappa shape index (κ3) is 6.00. The number of imidazole rings is 2. The van der Waals surface area contributed by atoms with Crippen molar-refractivity contribution < 1.29 is 9.53 Å². The van der Waals surface area contributed by atoms with E-state index in [1.165, 1.54) is 0 Å². The highest BCUT2D eigenvalue weighted by Crippen LogP contribution is 2.30. The smallest absolute Gasteiger partial charge is 0.208 e. The van der Waals surface area contributed by atoms with Crippen LogP contribution in [0.5, 0.6) is 11.5 Å². The Morgan fingerprint density at radius 2 is 1.95 bits per heavy atom. The van der Waals surface area contributed by atoms with Crippen LogP contribution in [0.15, 0.2) is 73.1 Å². The minimum atomic E-state index is -0.154. The normalized spacial score (nSPS) is 11.5. The highest BCUT2D eigenvalue weighted by Gasteiger charge is 2.13. The first-order chi connectivity index (χ1) is 18.8. The number of pyridine rings is 1. The van der Waals surface area contributed by atoms with Crippen LogP contribution in [0, 0.1) is 6.92 Å². The molecule has 3 aromatic heterocycles. The maximum absolute atomic E-state index is 12.7. The van der Waals surface area contributed by atoms with Crippen molar-refractivity contribution in [1.82, 2.24) is 29.4 Å². The van der Waals surface area contributed by atoms with Gasteiger partial charge in [0.1, 0.15) is 17.2 Å². The Morgan fingerprint density at radius 3 is 2.72 bits per heavy atom. The molecule has 0 saturated heterocycles. The van der Waals surface area contributed by atoms with Gasteiger partial charge in [-0.3, -0.25) is 9.78 Å². The molecule has 0 aliphatic rings. The fourth-order valence-corrected chi connectivity index (χ4v) is 4.23. The summed E-state index contributed by atoms with van der Waals surface area (Å²) in [6.07, 6.45) is 6.81. The molecule has 0 atom stereocenters. The monoisotopic (exact) mass is 541 g/mol. The topological polar surface area (TPSA) is 101 Å². The highest BCUT2D eigenvalue weighted by atomic mass is 35.5. The number of carbonyl (C=O) groups excluding carboxylic acids is 1. The largest absolute Gasteiger partial charge is 0.457 e. The zero-order valence-corrected chi connectivity index (χ0v) is 22.8. The maximum Gasteiger partial charge on any atom is 0.208 e. The summed E-state index contributed by atoms with van der Waals surface area (Å²) >= 11 is 6.32. The molecule has 0 spiro atoms. The van der Waals surface area contributed by atoms with Crippen molar-refractivity contribution >= 4 is 40.1 Å². The van der Waals surface area contributed by atoms with E-state index in [4.69, 9.17) is 21.3 Å². The predicted molar refractivity (Wildman–Crippen MR) is 154 cm³/mol. The van der Waals surface area contributed by atoms with Gasteiger partial charge in [-0.05, 0) is 63.5 Å². The number of nitrogens with one attached hydrogen (secondary N) is 2. The molecule has 0 saturated carbocycles. The Hall–Kier alpha value is -4.47. The number of H-pyrrole nitrogens is 1. The average Bonchev–Trinajstić information content (AvgIpc) is 3.47. The van der Waals surface area contributed by atoms with Crippen LogP contribution in [0.3, 0.4) is 0 Å². The molecule has 2 N–H and O–H groups in total. The molecule has 9 nitrogen and oxygen atoms in total. The summed E-state index contributed by atoms with van der Waals surface area (Å²) in [5, 5.41) is 3.70. The number of aryl methyl sites for hydroxylation is 2. The molecule has 0 fully saturated rings. The molecule has 0 bridgehead atoms. The molecule has 3 heterocycles. The van der Waals surface area contributed by atoms with Gasteiger partial charge in [-0.15, -0.1) is 0 Å². The number of carbonyl (C=O) groups is 1. The van der Waals surface area contributed by atoms with E-state index < -0.39 is 0 Å². The Labute approximate surface area is 231 Å². The Kier molecular flexibility index (Phi) is 7.44.